The minimum Gasteiger partial charge on any atom is -0.384 e. The van der Waals surface area contributed by atoms with Gasteiger partial charge in [0.2, 0.25) is 0 Å². The van der Waals surface area contributed by atoms with Crippen LogP contribution in [0.2, 0.25) is 0 Å². The summed E-state index contributed by atoms with van der Waals surface area (Å²) in [6.07, 6.45) is 2.57. The van der Waals surface area contributed by atoms with Crippen LogP contribution in [0.1, 0.15) is 30.1 Å². The lowest BCUT2D eigenvalue weighted by atomic mass is 10.1. The molecule has 0 atom stereocenters. The third-order valence-corrected chi connectivity index (χ3v) is 3.45. The molecule has 0 spiro atoms. The molecule has 92 valence electrons. The van der Waals surface area contributed by atoms with Gasteiger partial charge in [0.05, 0.1) is 0 Å². The van der Waals surface area contributed by atoms with Gasteiger partial charge in [-0.1, -0.05) is 12.1 Å². The fourth-order valence-electron chi connectivity index (χ4n) is 2.11. The standard InChI is InChI=1S/C14H20N2O/c1-11(17)12-4-3-5-13(8-12)16-10-14(6-7-14)9-15-2/h3-5,8,15-16H,6-7,9-10H2,1-2H3. The fourth-order valence-corrected chi connectivity index (χ4v) is 2.11. The van der Waals surface area contributed by atoms with Gasteiger partial charge in [-0.3, -0.25) is 4.79 Å². The molecule has 3 heteroatoms. The molecule has 0 heterocycles. The van der Waals surface area contributed by atoms with Crippen LogP contribution in [0.3, 0.4) is 0 Å². The van der Waals surface area contributed by atoms with Crippen LogP contribution in [0.5, 0.6) is 0 Å². The molecular formula is C14H20N2O. The van der Waals surface area contributed by atoms with E-state index in [1.54, 1.807) is 6.92 Å². The molecule has 0 bridgehead atoms. The van der Waals surface area contributed by atoms with Gasteiger partial charge >= 0.3 is 0 Å². The Hall–Kier alpha value is -1.35. The Morgan fingerprint density at radius 1 is 1.35 bits per heavy atom. The first-order valence-corrected chi connectivity index (χ1v) is 6.15. The Kier molecular flexibility index (Phi) is 3.48. The van der Waals surface area contributed by atoms with Crippen molar-refractivity contribution in [2.24, 2.45) is 5.41 Å². The highest BCUT2D eigenvalue weighted by Crippen LogP contribution is 2.44. The molecule has 0 unspecified atom stereocenters. The van der Waals surface area contributed by atoms with E-state index in [0.29, 0.717) is 5.41 Å². The summed E-state index contributed by atoms with van der Waals surface area (Å²) in [6.45, 7) is 3.64. The van der Waals surface area contributed by atoms with Crippen molar-refractivity contribution in [3.63, 3.8) is 0 Å². The van der Waals surface area contributed by atoms with Gasteiger partial charge in [0.25, 0.3) is 0 Å². The van der Waals surface area contributed by atoms with Gasteiger partial charge in [-0.2, -0.15) is 0 Å². The number of hydrogen-bond acceptors (Lipinski definition) is 3. The smallest absolute Gasteiger partial charge is 0.159 e. The van der Waals surface area contributed by atoms with Crippen LogP contribution in [0.25, 0.3) is 0 Å². The predicted molar refractivity (Wildman–Crippen MR) is 70.5 cm³/mol. The minimum atomic E-state index is 0.116. The molecule has 0 radical (unpaired) electrons. The molecule has 1 aliphatic rings. The zero-order chi connectivity index (χ0) is 12.3. The van der Waals surface area contributed by atoms with Crippen molar-refractivity contribution in [3.8, 4) is 0 Å². The highest BCUT2D eigenvalue weighted by atomic mass is 16.1. The first-order valence-electron chi connectivity index (χ1n) is 6.15. The van der Waals surface area contributed by atoms with E-state index in [4.69, 9.17) is 0 Å². The van der Waals surface area contributed by atoms with Crippen LogP contribution in [-0.4, -0.2) is 25.9 Å². The zero-order valence-electron chi connectivity index (χ0n) is 10.5. The highest BCUT2D eigenvalue weighted by Gasteiger charge is 2.41. The summed E-state index contributed by atoms with van der Waals surface area (Å²) in [6, 6.07) is 7.73. The molecule has 0 aromatic heterocycles. The molecular weight excluding hydrogens is 212 g/mol. The molecule has 1 aliphatic carbocycles. The van der Waals surface area contributed by atoms with Crippen LogP contribution in [0.15, 0.2) is 24.3 Å². The SMILES string of the molecule is CNCC1(CNc2cccc(C(C)=O)c2)CC1. The summed E-state index contributed by atoms with van der Waals surface area (Å²) in [5.41, 5.74) is 2.24. The summed E-state index contributed by atoms with van der Waals surface area (Å²) < 4.78 is 0. The summed E-state index contributed by atoms with van der Waals surface area (Å²) in [7, 11) is 2.00. The lowest BCUT2D eigenvalue weighted by Gasteiger charge is -2.16. The van der Waals surface area contributed by atoms with E-state index in [9.17, 15) is 4.79 Å². The van der Waals surface area contributed by atoms with Crippen LogP contribution in [-0.2, 0) is 0 Å². The second kappa shape index (κ2) is 4.88. The molecule has 17 heavy (non-hydrogen) atoms. The normalized spacial score (nSPS) is 16.6. The van der Waals surface area contributed by atoms with Gasteiger partial charge < -0.3 is 10.6 Å². The van der Waals surface area contributed by atoms with E-state index in [-0.39, 0.29) is 5.78 Å². The lowest BCUT2D eigenvalue weighted by Crippen LogP contribution is -2.26. The van der Waals surface area contributed by atoms with Gasteiger partial charge in [-0.25, -0.2) is 0 Å². The van der Waals surface area contributed by atoms with Gasteiger partial charge in [0, 0.05) is 29.8 Å². The van der Waals surface area contributed by atoms with E-state index in [1.807, 2.05) is 31.3 Å². The van der Waals surface area contributed by atoms with Crippen LogP contribution in [0, 0.1) is 5.41 Å². The number of Topliss-reactive ketones (excluding diaryl/α,β-unsaturated/α-hetero) is 1. The topological polar surface area (TPSA) is 41.1 Å². The second-order valence-corrected chi connectivity index (χ2v) is 5.02. The number of carbonyl (C=O) groups excluding carboxylic acids is 1. The molecule has 1 saturated carbocycles. The molecule has 3 nitrogen and oxygen atoms in total. The lowest BCUT2D eigenvalue weighted by molar-refractivity contribution is 0.101. The average molecular weight is 232 g/mol. The molecule has 1 aromatic rings. The predicted octanol–water partition coefficient (Wildman–Crippen LogP) is 2.30. The summed E-state index contributed by atoms with van der Waals surface area (Å²) in [4.78, 5) is 11.3. The molecule has 0 amide bonds. The van der Waals surface area contributed by atoms with Crippen molar-refractivity contribution < 1.29 is 4.79 Å². The Morgan fingerprint density at radius 3 is 2.71 bits per heavy atom. The van der Waals surface area contributed by atoms with E-state index in [0.717, 1.165) is 24.3 Å². The number of nitrogens with one attached hydrogen (secondary N) is 2. The number of hydrogen-bond donors (Lipinski definition) is 2. The molecule has 1 fully saturated rings. The van der Waals surface area contributed by atoms with E-state index < -0.39 is 0 Å². The van der Waals surface area contributed by atoms with E-state index in [2.05, 4.69) is 10.6 Å². The third kappa shape index (κ3) is 3.07. The Balaban J connectivity index is 1.95. The fraction of sp³-hybridized carbons (Fsp3) is 0.500. The quantitative estimate of drug-likeness (QED) is 0.739. The number of benzene rings is 1. The van der Waals surface area contributed by atoms with Crippen molar-refractivity contribution in [2.45, 2.75) is 19.8 Å². The van der Waals surface area contributed by atoms with E-state index >= 15 is 0 Å². The first kappa shape index (κ1) is 12.1. The third-order valence-electron chi connectivity index (χ3n) is 3.45. The zero-order valence-corrected chi connectivity index (χ0v) is 10.5. The maximum absolute atomic E-state index is 11.3. The second-order valence-electron chi connectivity index (χ2n) is 5.02. The van der Waals surface area contributed by atoms with Crippen LogP contribution < -0.4 is 10.6 Å². The Bertz CT molecular complexity index is 410. The maximum Gasteiger partial charge on any atom is 0.159 e. The maximum atomic E-state index is 11.3. The van der Waals surface area contributed by atoms with Crippen molar-refractivity contribution in [3.05, 3.63) is 29.8 Å². The summed E-state index contributed by atoms with van der Waals surface area (Å²) in [5.74, 6) is 0.116. The molecule has 2 N–H and O–H groups in total. The number of carbonyl (C=O) groups is 1. The highest BCUT2D eigenvalue weighted by molar-refractivity contribution is 5.94. The van der Waals surface area contributed by atoms with Gasteiger partial charge in [0.15, 0.2) is 5.78 Å². The van der Waals surface area contributed by atoms with Crippen molar-refractivity contribution in [2.75, 3.05) is 25.5 Å². The largest absolute Gasteiger partial charge is 0.384 e. The Morgan fingerprint density at radius 2 is 2.12 bits per heavy atom. The molecule has 0 aliphatic heterocycles. The Labute approximate surface area is 103 Å². The molecule has 1 aromatic carbocycles. The molecule has 0 saturated heterocycles. The van der Waals surface area contributed by atoms with Gasteiger partial charge in [-0.05, 0) is 38.9 Å². The van der Waals surface area contributed by atoms with E-state index in [1.165, 1.54) is 12.8 Å². The van der Waals surface area contributed by atoms with Crippen LogP contribution >= 0.6 is 0 Å². The number of anilines is 1. The minimum absolute atomic E-state index is 0.116. The summed E-state index contributed by atoms with van der Waals surface area (Å²) in [5, 5.41) is 6.68. The average Bonchev–Trinajstić information content (AvgIpc) is 3.08. The monoisotopic (exact) mass is 232 g/mol. The summed E-state index contributed by atoms with van der Waals surface area (Å²) >= 11 is 0. The number of rotatable bonds is 6. The van der Waals surface area contributed by atoms with Gasteiger partial charge in [0.1, 0.15) is 0 Å². The van der Waals surface area contributed by atoms with Crippen molar-refractivity contribution in [1.82, 2.24) is 5.32 Å². The van der Waals surface area contributed by atoms with Crippen molar-refractivity contribution in [1.29, 1.82) is 0 Å². The van der Waals surface area contributed by atoms with Gasteiger partial charge in [-0.15, -0.1) is 0 Å². The van der Waals surface area contributed by atoms with Crippen molar-refractivity contribution >= 4 is 11.5 Å². The molecule has 2 rings (SSSR count). The van der Waals surface area contributed by atoms with Crippen LogP contribution in [0.4, 0.5) is 5.69 Å². The first-order chi connectivity index (χ1) is 8.15. The number of ketones is 1.